The number of fused-ring (bicyclic) bond motifs is 2. The van der Waals surface area contributed by atoms with Gasteiger partial charge < -0.3 is 4.74 Å². The van der Waals surface area contributed by atoms with Crippen LogP contribution in [-0.2, 0) is 14.3 Å². The average molecular weight is 228 g/mol. The third kappa shape index (κ3) is 0.897. The first-order valence-electron chi connectivity index (χ1n) is 5.56. The van der Waals surface area contributed by atoms with Crippen LogP contribution in [0.15, 0.2) is 0 Å². The van der Waals surface area contributed by atoms with Gasteiger partial charge in [-0.05, 0) is 18.3 Å². The van der Waals surface area contributed by atoms with Crippen molar-refractivity contribution in [2.45, 2.75) is 33.1 Å². The van der Waals surface area contributed by atoms with E-state index in [1.165, 1.54) is 7.11 Å². The minimum atomic E-state index is -0.957. The van der Waals surface area contributed by atoms with Gasteiger partial charge in [-0.1, -0.05) is 13.8 Å². The maximum Gasteiger partial charge on any atom is 0.312 e. The number of esters is 1. The molecule has 2 unspecified atom stereocenters. The molecule has 2 aliphatic carbocycles. The molecule has 4 heteroatoms. The van der Waals surface area contributed by atoms with Crippen molar-refractivity contribution < 1.29 is 18.7 Å². The largest absolute Gasteiger partial charge is 0.469 e. The van der Waals surface area contributed by atoms with Crippen LogP contribution in [0, 0.1) is 16.2 Å². The van der Waals surface area contributed by atoms with Crippen LogP contribution < -0.4 is 0 Å². The van der Waals surface area contributed by atoms with Gasteiger partial charge in [0.1, 0.15) is 12.5 Å². The Morgan fingerprint density at radius 3 is 2.44 bits per heavy atom. The van der Waals surface area contributed by atoms with Gasteiger partial charge in [0.25, 0.3) is 0 Å². The van der Waals surface area contributed by atoms with Crippen LogP contribution in [0.3, 0.4) is 0 Å². The fourth-order valence-corrected chi connectivity index (χ4v) is 3.68. The number of carbonyl (C=O) groups excluding carboxylic acids is 2. The topological polar surface area (TPSA) is 43.4 Å². The van der Waals surface area contributed by atoms with E-state index < -0.39 is 22.9 Å². The Hall–Kier alpha value is -0.930. The zero-order valence-corrected chi connectivity index (χ0v) is 9.93. The van der Waals surface area contributed by atoms with Gasteiger partial charge in [0, 0.05) is 6.42 Å². The fraction of sp³-hybridized carbons (Fsp3) is 0.833. The smallest absolute Gasteiger partial charge is 0.312 e. The number of alkyl halides is 1. The van der Waals surface area contributed by atoms with Gasteiger partial charge in [0.05, 0.1) is 17.9 Å². The van der Waals surface area contributed by atoms with Crippen molar-refractivity contribution in [2.24, 2.45) is 16.2 Å². The van der Waals surface area contributed by atoms with Gasteiger partial charge in [0.2, 0.25) is 0 Å². The lowest BCUT2D eigenvalue weighted by atomic mass is 9.64. The Bertz CT molecular complexity index is 361. The highest BCUT2D eigenvalue weighted by molar-refractivity contribution is 5.98. The summed E-state index contributed by atoms with van der Waals surface area (Å²) in [5.41, 5.74) is -2.40. The number of ketones is 1. The van der Waals surface area contributed by atoms with Crippen LogP contribution in [-0.4, -0.2) is 25.5 Å². The molecular formula is C12H17FO3. The molecule has 0 aliphatic heterocycles. The van der Waals surface area contributed by atoms with E-state index in [9.17, 15) is 14.0 Å². The molecule has 0 saturated heterocycles. The van der Waals surface area contributed by atoms with Crippen LogP contribution >= 0.6 is 0 Å². The first-order valence-corrected chi connectivity index (χ1v) is 5.56. The number of rotatable bonds is 2. The minimum Gasteiger partial charge on any atom is -0.469 e. The maximum atomic E-state index is 13.3. The molecule has 2 bridgehead atoms. The number of carbonyl (C=O) groups is 2. The molecule has 0 radical (unpaired) electrons. The summed E-state index contributed by atoms with van der Waals surface area (Å²) in [4.78, 5) is 23.9. The second-order valence-corrected chi connectivity index (χ2v) is 5.51. The molecule has 2 atom stereocenters. The Balaban J connectivity index is 2.54. The number of hydrogen-bond donors (Lipinski definition) is 0. The molecule has 0 aromatic heterocycles. The summed E-state index contributed by atoms with van der Waals surface area (Å²) in [5.74, 6) is -0.477. The molecule has 0 amide bonds. The highest BCUT2D eigenvalue weighted by Gasteiger charge is 2.75. The summed E-state index contributed by atoms with van der Waals surface area (Å²) in [6, 6.07) is 0. The molecule has 0 heterocycles. The molecule has 0 spiro atoms. The van der Waals surface area contributed by atoms with E-state index >= 15 is 0 Å². The zero-order valence-electron chi connectivity index (χ0n) is 9.93. The zero-order chi connectivity index (χ0) is 12.2. The number of methoxy groups -OCH3 is 1. The molecule has 0 N–H and O–H groups in total. The third-order valence-electron chi connectivity index (χ3n) is 5.17. The molecule has 2 fully saturated rings. The number of halogens is 1. The molecule has 2 aliphatic rings. The summed E-state index contributed by atoms with van der Waals surface area (Å²) in [6.07, 6.45) is 1.16. The second-order valence-electron chi connectivity index (χ2n) is 5.51. The van der Waals surface area contributed by atoms with Crippen LogP contribution in [0.1, 0.15) is 33.1 Å². The van der Waals surface area contributed by atoms with Crippen molar-refractivity contribution in [1.29, 1.82) is 0 Å². The van der Waals surface area contributed by atoms with E-state index in [2.05, 4.69) is 0 Å². The van der Waals surface area contributed by atoms with Gasteiger partial charge >= 0.3 is 5.97 Å². The summed E-state index contributed by atoms with van der Waals surface area (Å²) in [7, 11) is 1.32. The Kier molecular flexibility index (Phi) is 2.20. The Morgan fingerprint density at radius 1 is 1.44 bits per heavy atom. The summed E-state index contributed by atoms with van der Waals surface area (Å²) < 4.78 is 18.1. The third-order valence-corrected chi connectivity index (χ3v) is 5.17. The minimum absolute atomic E-state index is 0.114. The van der Waals surface area contributed by atoms with Gasteiger partial charge in [-0.15, -0.1) is 0 Å². The maximum absolute atomic E-state index is 13.3. The first kappa shape index (κ1) is 11.6. The number of ether oxygens (including phenoxy) is 1. The normalized spacial score (nSPS) is 40.1. The van der Waals surface area contributed by atoms with Crippen molar-refractivity contribution in [1.82, 2.24) is 0 Å². The van der Waals surface area contributed by atoms with Gasteiger partial charge in [-0.3, -0.25) is 9.59 Å². The summed E-state index contributed by atoms with van der Waals surface area (Å²) >= 11 is 0. The summed E-state index contributed by atoms with van der Waals surface area (Å²) in [5, 5.41) is 0. The molecular weight excluding hydrogens is 211 g/mol. The second kappa shape index (κ2) is 3.05. The quantitative estimate of drug-likeness (QED) is 0.678. The molecule has 3 nitrogen and oxygen atoms in total. The van der Waals surface area contributed by atoms with Crippen molar-refractivity contribution >= 4 is 11.8 Å². The van der Waals surface area contributed by atoms with Crippen LogP contribution in [0.25, 0.3) is 0 Å². The van der Waals surface area contributed by atoms with E-state index in [0.717, 1.165) is 0 Å². The Labute approximate surface area is 94.3 Å². The Morgan fingerprint density at radius 2 is 2.06 bits per heavy atom. The van der Waals surface area contributed by atoms with Crippen molar-refractivity contribution in [3.8, 4) is 0 Å². The van der Waals surface area contributed by atoms with Crippen LogP contribution in [0.5, 0.6) is 0 Å². The van der Waals surface area contributed by atoms with E-state index in [1.54, 1.807) is 0 Å². The predicted molar refractivity (Wildman–Crippen MR) is 55.5 cm³/mol. The van der Waals surface area contributed by atoms with E-state index in [1.807, 2.05) is 13.8 Å². The molecule has 2 rings (SSSR count). The molecule has 0 aromatic rings. The highest BCUT2D eigenvalue weighted by Crippen LogP contribution is 2.71. The fourth-order valence-electron chi connectivity index (χ4n) is 3.68. The van der Waals surface area contributed by atoms with Crippen LogP contribution in [0.2, 0.25) is 0 Å². The summed E-state index contributed by atoms with van der Waals surface area (Å²) in [6.45, 7) is 2.97. The first-order chi connectivity index (χ1) is 7.38. The van der Waals surface area contributed by atoms with Crippen molar-refractivity contribution in [3.05, 3.63) is 0 Å². The average Bonchev–Trinajstić information content (AvgIpc) is 2.58. The van der Waals surface area contributed by atoms with Crippen molar-refractivity contribution in [3.63, 3.8) is 0 Å². The van der Waals surface area contributed by atoms with E-state index in [0.29, 0.717) is 12.8 Å². The number of hydrogen-bond acceptors (Lipinski definition) is 3. The highest BCUT2D eigenvalue weighted by atomic mass is 19.1. The number of Topliss-reactive ketones (excluding diaryl/α,β-unsaturated/α-hetero) is 1. The standard InChI is InChI=1S/C12H17FO3/c1-10(2)11(9(15)16-3)4-5-12(10,7-13)8(14)6-11/h4-7H2,1-3H3. The van der Waals surface area contributed by atoms with E-state index in [4.69, 9.17) is 4.74 Å². The van der Waals surface area contributed by atoms with Crippen LogP contribution in [0.4, 0.5) is 4.39 Å². The SMILES string of the molecule is COC(=O)C12CCC(CF)(C(=O)C1)C2(C)C. The van der Waals surface area contributed by atoms with E-state index in [-0.39, 0.29) is 18.2 Å². The molecule has 0 aromatic carbocycles. The lowest BCUT2D eigenvalue weighted by Crippen LogP contribution is -2.43. The monoisotopic (exact) mass is 228 g/mol. The lowest BCUT2D eigenvalue weighted by Gasteiger charge is -2.38. The van der Waals surface area contributed by atoms with Gasteiger partial charge in [-0.25, -0.2) is 4.39 Å². The predicted octanol–water partition coefficient (Wildman–Crippen LogP) is 1.89. The molecule has 90 valence electrons. The van der Waals surface area contributed by atoms with Gasteiger partial charge in [0.15, 0.2) is 0 Å². The molecule has 2 saturated carbocycles. The molecule has 16 heavy (non-hydrogen) atoms. The lowest BCUT2D eigenvalue weighted by molar-refractivity contribution is -0.158. The van der Waals surface area contributed by atoms with Gasteiger partial charge in [-0.2, -0.15) is 0 Å². The van der Waals surface area contributed by atoms with Crippen molar-refractivity contribution in [2.75, 3.05) is 13.8 Å².